The van der Waals surface area contributed by atoms with Gasteiger partial charge in [0.15, 0.2) is 0 Å². The Balaban J connectivity index is 3.36. The molecule has 0 rings (SSSR count). The lowest BCUT2D eigenvalue weighted by molar-refractivity contribution is -0.137. The van der Waals surface area contributed by atoms with E-state index in [-0.39, 0.29) is 18.6 Å². The van der Waals surface area contributed by atoms with E-state index >= 15 is 0 Å². The number of carbonyl (C=O) groups excluding carboxylic acids is 1. The predicted octanol–water partition coefficient (Wildman–Crippen LogP) is 3.87. The minimum atomic E-state index is -4.12. The molecule has 0 spiro atoms. The van der Waals surface area contributed by atoms with E-state index in [0.717, 1.165) is 19.3 Å². The highest BCUT2D eigenvalue weighted by Gasteiger charge is 2.26. The number of hydrogen-bond acceptors (Lipinski definition) is 1. The third-order valence-corrected chi connectivity index (χ3v) is 1.98. The van der Waals surface area contributed by atoms with Crippen LogP contribution < -0.4 is 0 Å². The highest BCUT2D eigenvalue weighted by atomic mass is 19.4. The van der Waals surface area contributed by atoms with Crippen molar-refractivity contribution in [3.63, 3.8) is 0 Å². The average molecular weight is 210 g/mol. The summed E-state index contributed by atoms with van der Waals surface area (Å²) in [5, 5.41) is 0. The van der Waals surface area contributed by atoms with Gasteiger partial charge in [0.25, 0.3) is 0 Å². The largest absolute Gasteiger partial charge is 0.389 e. The second-order valence-corrected chi connectivity index (χ2v) is 3.46. The molecule has 0 saturated heterocycles. The molecule has 0 amide bonds. The molecule has 0 aliphatic heterocycles. The van der Waals surface area contributed by atoms with E-state index < -0.39 is 12.6 Å². The summed E-state index contributed by atoms with van der Waals surface area (Å²) in [5.74, 6) is -0.0392. The summed E-state index contributed by atoms with van der Waals surface area (Å²) in [6, 6.07) is 0. The zero-order valence-corrected chi connectivity index (χ0v) is 8.49. The summed E-state index contributed by atoms with van der Waals surface area (Å²) >= 11 is 0. The Morgan fingerprint density at radius 2 is 1.64 bits per heavy atom. The van der Waals surface area contributed by atoms with Gasteiger partial charge in [-0.05, 0) is 12.8 Å². The van der Waals surface area contributed by atoms with Crippen molar-refractivity contribution < 1.29 is 18.0 Å². The molecule has 1 nitrogen and oxygen atoms in total. The number of rotatable bonds is 7. The average Bonchev–Trinajstić information content (AvgIpc) is 2.02. The van der Waals surface area contributed by atoms with Crippen molar-refractivity contribution in [1.29, 1.82) is 0 Å². The normalized spacial score (nSPS) is 11.7. The van der Waals surface area contributed by atoms with E-state index in [2.05, 4.69) is 0 Å². The van der Waals surface area contributed by atoms with Crippen molar-refractivity contribution in [3.05, 3.63) is 0 Å². The van der Waals surface area contributed by atoms with E-state index in [9.17, 15) is 18.0 Å². The van der Waals surface area contributed by atoms with Crippen LogP contribution in [-0.4, -0.2) is 12.0 Å². The Morgan fingerprint density at radius 3 is 2.14 bits per heavy atom. The van der Waals surface area contributed by atoms with Gasteiger partial charge in [-0.15, -0.1) is 0 Å². The van der Waals surface area contributed by atoms with Gasteiger partial charge in [-0.1, -0.05) is 19.8 Å². The fourth-order valence-electron chi connectivity index (χ4n) is 1.18. The molecule has 0 N–H and O–H groups in total. The minimum Gasteiger partial charge on any atom is -0.300 e. The number of ketones is 1. The van der Waals surface area contributed by atoms with Gasteiger partial charge in [-0.2, -0.15) is 13.2 Å². The molecule has 0 unspecified atom stereocenters. The fraction of sp³-hybridized carbons (Fsp3) is 0.900. The summed E-state index contributed by atoms with van der Waals surface area (Å²) in [6.45, 7) is 2.02. The van der Waals surface area contributed by atoms with Gasteiger partial charge >= 0.3 is 6.18 Å². The Kier molecular flexibility index (Phi) is 6.58. The maximum atomic E-state index is 11.7. The van der Waals surface area contributed by atoms with Crippen LogP contribution in [0.25, 0.3) is 0 Å². The highest BCUT2D eigenvalue weighted by Crippen LogP contribution is 2.22. The Bertz CT molecular complexity index is 163. The molecular weight excluding hydrogens is 193 g/mol. The monoisotopic (exact) mass is 210 g/mol. The Labute approximate surface area is 82.7 Å². The molecule has 0 aromatic carbocycles. The van der Waals surface area contributed by atoms with Crippen LogP contribution in [0.3, 0.4) is 0 Å². The lowest BCUT2D eigenvalue weighted by Gasteiger charge is -2.04. The summed E-state index contributed by atoms with van der Waals surface area (Å²) in [4.78, 5) is 11.0. The molecule has 0 aromatic heterocycles. The fourth-order valence-corrected chi connectivity index (χ4v) is 1.18. The van der Waals surface area contributed by atoms with Crippen LogP contribution in [-0.2, 0) is 4.79 Å². The second kappa shape index (κ2) is 6.85. The zero-order valence-electron chi connectivity index (χ0n) is 8.49. The summed E-state index contributed by atoms with van der Waals surface area (Å²) < 4.78 is 35.1. The van der Waals surface area contributed by atoms with E-state index in [1.54, 1.807) is 0 Å². The zero-order chi connectivity index (χ0) is 11.0. The highest BCUT2D eigenvalue weighted by molar-refractivity contribution is 5.78. The Hall–Kier alpha value is -0.540. The third kappa shape index (κ3) is 9.55. The van der Waals surface area contributed by atoms with Crippen molar-refractivity contribution in [1.82, 2.24) is 0 Å². The van der Waals surface area contributed by atoms with E-state index in [1.807, 2.05) is 6.92 Å². The summed E-state index contributed by atoms with van der Waals surface area (Å²) in [5.41, 5.74) is 0. The molecule has 0 saturated carbocycles. The number of alkyl halides is 3. The van der Waals surface area contributed by atoms with Crippen molar-refractivity contribution >= 4 is 5.78 Å². The van der Waals surface area contributed by atoms with Crippen molar-refractivity contribution in [3.8, 4) is 0 Å². The van der Waals surface area contributed by atoms with Crippen molar-refractivity contribution in [2.75, 3.05) is 0 Å². The van der Waals surface area contributed by atoms with Crippen molar-refractivity contribution in [2.45, 2.75) is 58.0 Å². The summed E-state index contributed by atoms with van der Waals surface area (Å²) in [6.07, 6.45) is -1.71. The molecule has 14 heavy (non-hydrogen) atoms. The molecule has 84 valence electrons. The summed E-state index contributed by atoms with van der Waals surface area (Å²) in [7, 11) is 0. The van der Waals surface area contributed by atoms with Crippen LogP contribution in [0.2, 0.25) is 0 Å². The number of unbranched alkanes of at least 4 members (excludes halogenated alkanes) is 2. The van der Waals surface area contributed by atoms with Gasteiger partial charge in [0.2, 0.25) is 0 Å². The SMILES string of the molecule is CCCCCC(=O)CCCC(F)(F)F. The van der Waals surface area contributed by atoms with Crippen LogP contribution in [0.15, 0.2) is 0 Å². The van der Waals surface area contributed by atoms with Crippen LogP contribution in [0.5, 0.6) is 0 Å². The van der Waals surface area contributed by atoms with Crippen LogP contribution >= 0.6 is 0 Å². The first-order chi connectivity index (χ1) is 6.45. The van der Waals surface area contributed by atoms with Crippen LogP contribution in [0, 0.1) is 0 Å². The molecule has 0 fully saturated rings. The van der Waals surface area contributed by atoms with Crippen molar-refractivity contribution in [2.24, 2.45) is 0 Å². The number of Topliss-reactive ketones (excluding diaryl/α,β-unsaturated/α-hetero) is 1. The predicted molar refractivity (Wildman–Crippen MR) is 49.1 cm³/mol. The Morgan fingerprint density at radius 1 is 1.07 bits per heavy atom. The van der Waals surface area contributed by atoms with E-state index in [1.165, 1.54) is 0 Å². The molecule has 0 radical (unpaired) electrons. The molecule has 0 aromatic rings. The molecule has 4 heteroatoms. The number of hydrogen-bond donors (Lipinski definition) is 0. The smallest absolute Gasteiger partial charge is 0.300 e. The van der Waals surface area contributed by atoms with Gasteiger partial charge in [0.05, 0.1) is 0 Å². The van der Waals surface area contributed by atoms with E-state index in [0.29, 0.717) is 6.42 Å². The number of halogens is 3. The molecule has 0 aliphatic carbocycles. The first-order valence-electron chi connectivity index (χ1n) is 5.04. The molecule has 0 bridgehead atoms. The molecule has 0 aliphatic rings. The standard InChI is InChI=1S/C10H17F3O/c1-2-3-4-6-9(14)7-5-8-10(11,12)13/h2-8H2,1H3. The van der Waals surface area contributed by atoms with Crippen LogP contribution in [0.1, 0.15) is 51.9 Å². The topological polar surface area (TPSA) is 17.1 Å². The maximum Gasteiger partial charge on any atom is 0.389 e. The first kappa shape index (κ1) is 13.5. The minimum absolute atomic E-state index is 0.0392. The van der Waals surface area contributed by atoms with E-state index in [4.69, 9.17) is 0 Å². The van der Waals surface area contributed by atoms with Gasteiger partial charge in [0.1, 0.15) is 5.78 Å². The lowest BCUT2D eigenvalue weighted by Crippen LogP contribution is -2.08. The lowest BCUT2D eigenvalue weighted by atomic mass is 10.1. The molecule has 0 atom stereocenters. The third-order valence-electron chi connectivity index (χ3n) is 1.98. The first-order valence-corrected chi connectivity index (χ1v) is 5.04. The number of carbonyl (C=O) groups is 1. The van der Waals surface area contributed by atoms with Gasteiger partial charge in [-0.25, -0.2) is 0 Å². The molecule has 0 heterocycles. The second-order valence-electron chi connectivity index (χ2n) is 3.46. The van der Waals surface area contributed by atoms with Gasteiger partial charge < -0.3 is 0 Å². The molecular formula is C10H17F3O. The van der Waals surface area contributed by atoms with Gasteiger partial charge in [0, 0.05) is 19.3 Å². The quantitative estimate of drug-likeness (QED) is 0.583. The van der Waals surface area contributed by atoms with Crippen LogP contribution in [0.4, 0.5) is 13.2 Å². The maximum absolute atomic E-state index is 11.7. The van der Waals surface area contributed by atoms with Gasteiger partial charge in [-0.3, -0.25) is 4.79 Å².